The minimum Gasteiger partial charge on any atom is -0.494 e. The summed E-state index contributed by atoms with van der Waals surface area (Å²) < 4.78 is 5.85. The zero-order valence-corrected chi connectivity index (χ0v) is 18.7. The van der Waals surface area contributed by atoms with Crippen LogP contribution in [-0.4, -0.2) is 12.4 Å². The number of ketones is 1. The van der Waals surface area contributed by atoms with Crippen molar-refractivity contribution in [2.75, 3.05) is 6.61 Å². The number of unbranched alkanes of at least 4 members (excludes halogenated alkanes) is 9. The number of rotatable bonds is 13. The van der Waals surface area contributed by atoms with E-state index >= 15 is 0 Å². The van der Waals surface area contributed by atoms with Gasteiger partial charge in [-0.25, -0.2) is 0 Å². The lowest BCUT2D eigenvalue weighted by atomic mass is 10.1. The molecule has 0 radical (unpaired) electrons. The molecule has 0 fully saturated rings. The average Bonchev–Trinajstić information content (AvgIpc) is 2.77. The van der Waals surface area contributed by atoms with Crippen LogP contribution in [0.4, 0.5) is 0 Å². The normalized spacial score (nSPS) is 10.3. The fourth-order valence-corrected chi connectivity index (χ4v) is 3.35. The Morgan fingerprint density at radius 2 is 1.17 bits per heavy atom. The third-order valence-corrected chi connectivity index (χ3v) is 5.26. The number of carbonyl (C=O) groups is 1. The highest BCUT2D eigenvalue weighted by Crippen LogP contribution is 2.14. The molecule has 0 unspecified atom stereocenters. The fraction of sp³-hybridized carbons (Fsp3) is 0.464. The predicted octanol–water partition coefficient (Wildman–Crippen LogP) is 7.59. The molecule has 0 saturated carbocycles. The summed E-state index contributed by atoms with van der Waals surface area (Å²) in [5.74, 6) is 7.27. The summed E-state index contributed by atoms with van der Waals surface area (Å²) in [5.41, 5.74) is 2.57. The maximum Gasteiger partial charge on any atom is 0.159 e. The van der Waals surface area contributed by atoms with E-state index in [9.17, 15) is 4.79 Å². The maximum absolute atomic E-state index is 11.3. The Kier molecular flexibility index (Phi) is 11.4. The van der Waals surface area contributed by atoms with E-state index in [1.807, 2.05) is 48.5 Å². The first-order valence-corrected chi connectivity index (χ1v) is 11.5. The van der Waals surface area contributed by atoms with E-state index in [0.717, 1.165) is 29.9 Å². The molecule has 0 heterocycles. The molecule has 2 heteroatoms. The van der Waals surface area contributed by atoms with Crippen LogP contribution in [0.5, 0.6) is 5.75 Å². The molecule has 2 nitrogen and oxygen atoms in total. The van der Waals surface area contributed by atoms with Gasteiger partial charge in [-0.1, -0.05) is 88.7 Å². The summed E-state index contributed by atoms with van der Waals surface area (Å²) in [4.78, 5) is 11.3. The van der Waals surface area contributed by atoms with Gasteiger partial charge in [0.2, 0.25) is 0 Å². The minimum absolute atomic E-state index is 0.0721. The Labute approximate surface area is 183 Å². The van der Waals surface area contributed by atoms with Crippen LogP contribution in [0.1, 0.15) is 99.5 Å². The molecule has 2 aromatic rings. The Morgan fingerprint density at radius 3 is 1.67 bits per heavy atom. The summed E-state index contributed by atoms with van der Waals surface area (Å²) >= 11 is 0. The lowest BCUT2D eigenvalue weighted by Gasteiger charge is -2.06. The van der Waals surface area contributed by atoms with E-state index in [0.29, 0.717) is 5.56 Å². The summed E-state index contributed by atoms with van der Waals surface area (Å²) in [6, 6.07) is 15.4. The molecule has 0 spiro atoms. The zero-order valence-electron chi connectivity index (χ0n) is 18.7. The van der Waals surface area contributed by atoms with Crippen molar-refractivity contribution in [2.24, 2.45) is 0 Å². The number of hydrogen-bond acceptors (Lipinski definition) is 2. The van der Waals surface area contributed by atoms with E-state index in [2.05, 4.69) is 18.8 Å². The predicted molar refractivity (Wildman–Crippen MR) is 126 cm³/mol. The quantitative estimate of drug-likeness (QED) is 0.195. The molecular weight excluding hydrogens is 368 g/mol. The molecule has 0 aliphatic carbocycles. The molecule has 2 rings (SSSR count). The van der Waals surface area contributed by atoms with Gasteiger partial charge in [0.1, 0.15) is 5.75 Å². The Bertz CT molecular complexity index is 791. The van der Waals surface area contributed by atoms with Crippen LogP contribution in [0.2, 0.25) is 0 Å². The van der Waals surface area contributed by atoms with Crippen LogP contribution in [0.15, 0.2) is 48.5 Å². The second kappa shape index (κ2) is 14.5. The van der Waals surface area contributed by atoms with Crippen molar-refractivity contribution in [3.8, 4) is 17.6 Å². The molecule has 0 aromatic heterocycles. The van der Waals surface area contributed by atoms with Crippen molar-refractivity contribution in [2.45, 2.75) is 78.1 Å². The van der Waals surface area contributed by atoms with Crippen molar-refractivity contribution < 1.29 is 9.53 Å². The first kappa shape index (κ1) is 23.7. The Morgan fingerprint density at radius 1 is 0.700 bits per heavy atom. The highest BCUT2D eigenvalue weighted by molar-refractivity contribution is 5.94. The van der Waals surface area contributed by atoms with E-state index in [1.165, 1.54) is 57.8 Å². The largest absolute Gasteiger partial charge is 0.494 e. The number of Topliss-reactive ketones (excluding diaryl/α,β-unsaturated/α-hetero) is 1. The van der Waals surface area contributed by atoms with Gasteiger partial charge in [-0.05, 0) is 49.7 Å². The van der Waals surface area contributed by atoms with Crippen LogP contribution in [0.3, 0.4) is 0 Å². The van der Waals surface area contributed by atoms with Gasteiger partial charge in [0.15, 0.2) is 5.78 Å². The summed E-state index contributed by atoms with van der Waals surface area (Å²) in [7, 11) is 0. The first-order chi connectivity index (χ1) is 14.7. The molecular formula is C28H36O2. The van der Waals surface area contributed by atoms with Crippen molar-refractivity contribution in [1.82, 2.24) is 0 Å². The van der Waals surface area contributed by atoms with Gasteiger partial charge in [-0.3, -0.25) is 4.79 Å². The average molecular weight is 405 g/mol. The third-order valence-electron chi connectivity index (χ3n) is 5.26. The number of hydrogen-bond donors (Lipinski definition) is 0. The van der Waals surface area contributed by atoms with E-state index in [-0.39, 0.29) is 5.78 Å². The van der Waals surface area contributed by atoms with Gasteiger partial charge in [-0.2, -0.15) is 0 Å². The second-order valence-electron chi connectivity index (χ2n) is 7.94. The van der Waals surface area contributed by atoms with Crippen molar-refractivity contribution in [3.05, 3.63) is 65.2 Å². The van der Waals surface area contributed by atoms with Gasteiger partial charge < -0.3 is 4.74 Å². The number of ether oxygens (including phenoxy) is 1. The lowest BCUT2D eigenvalue weighted by Crippen LogP contribution is -1.97. The van der Waals surface area contributed by atoms with Crippen molar-refractivity contribution >= 4 is 5.78 Å². The number of benzene rings is 2. The molecule has 160 valence electrons. The van der Waals surface area contributed by atoms with Crippen LogP contribution in [0.25, 0.3) is 0 Å². The van der Waals surface area contributed by atoms with Crippen LogP contribution >= 0.6 is 0 Å². The summed E-state index contributed by atoms with van der Waals surface area (Å²) in [6.45, 7) is 4.62. The Balaban J connectivity index is 1.60. The van der Waals surface area contributed by atoms with E-state index < -0.39 is 0 Å². The van der Waals surface area contributed by atoms with Crippen molar-refractivity contribution in [1.29, 1.82) is 0 Å². The van der Waals surface area contributed by atoms with E-state index in [1.54, 1.807) is 6.92 Å². The summed E-state index contributed by atoms with van der Waals surface area (Å²) in [5, 5.41) is 0. The van der Waals surface area contributed by atoms with Crippen molar-refractivity contribution in [3.63, 3.8) is 0 Å². The third kappa shape index (κ3) is 9.79. The highest BCUT2D eigenvalue weighted by Gasteiger charge is 1.98. The van der Waals surface area contributed by atoms with Gasteiger partial charge in [0.25, 0.3) is 0 Å². The van der Waals surface area contributed by atoms with Gasteiger partial charge in [0, 0.05) is 16.7 Å². The molecule has 0 amide bonds. The number of carbonyl (C=O) groups excluding carboxylic acids is 1. The summed E-state index contributed by atoms with van der Waals surface area (Å²) in [6.07, 6.45) is 13.4. The maximum atomic E-state index is 11.3. The van der Waals surface area contributed by atoms with Gasteiger partial charge in [0.05, 0.1) is 6.61 Å². The molecule has 0 saturated heterocycles. The minimum atomic E-state index is 0.0721. The zero-order chi connectivity index (χ0) is 21.4. The highest BCUT2D eigenvalue weighted by atomic mass is 16.5. The second-order valence-corrected chi connectivity index (χ2v) is 7.94. The topological polar surface area (TPSA) is 26.3 Å². The smallest absolute Gasteiger partial charge is 0.159 e. The molecule has 0 aliphatic rings. The van der Waals surface area contributed by atoms with Crippen LogP contribution in [-0.2, 0) is 0 Å². The fourth-order valence-electron chi connectivity index (χ4n) is 3.35. The standard InChI is InChI=1S/C28H36O2/c1-3-4-5-6-7-8-9-10-11-12-23-30-28-21-17-26(18-22-28)14-13-25-15-19-27(20-16-25)24(2)29/h15-22H,3-12,23H2,1-2H3. The van der Waals surface area contributed by atoms with Crippen LogP contribution < -0.4 is 4.74 Å². The molecule has 0 aliphatic heterocycles. The molecule has 0 N–H and O–H groups in total. The van der Waals surface area contributed by atoms with Gasteiger partial charge >= 0.3 is 0 Å². The molecule has 2 aromatic carbocycles. The van der Waals surface area contributed by atoms with Gasteiger partial charge in [-0.15, -0.1) is 0 Å². The monoisotopic (exact) mass is 404 g/mol. The molecule has 0 atom stereocenters. The SMILES string of the molecule is CCCCCCCCCCCCOc1ccc(C#Cc2ccc(C(C)=O)cc2)cc1. The molecule has 30 heavy (non-hydrogen) atoms. The van der Waals surface area contributed by atoms with E-state index in [4.69, 9.17) is 4.74 Å². The Hall–Kier alpha value is -2.53. The molecule has 0 bridgehead atoms. The first-order valence-electron chi connectivity index (χ1n) is 11.5. The van der Waals surface area contributed by atoms with Crippen LogP contribution in [0, 0.1) is 11.8 Å². The lowest BCUT2D eigenvalue weighted by molar-refractivity contribution is 0.101.